The fraction of sp³-hybridized carbons (Fsp3) is 0.350. The van der Waals surface area contributed by atoms with Gasteiger partial charge in [-0.15, -0.1) is 0 Å². The fourth-order valence-electron chi connectivity index (χ4n) is 2.87. The van der Waals surface area contributed by atoms with Crippen molar-refractivity contribution in [3.63, 3.8) is 0 Å². The molecule has 8 heteroatoms. The van der Waals surface area contributed by atoms with E-state index in [1.807, 2.05) is 0 Å². The summed E-state index contributed by atoms with van der Waals surface area (Å²) in [5, 5.41) is 0. The molecule has 5 nitrogen and oxygen atoms in total. The van der Waals surface area contributed by atoms with E-state index in [0.717, 1.165) is 25.0 Å². The van der Waals surface area contributed by atoms with Crippen molar-refractivity contribution in [1.29, 1.82) is 0 Å². The van der Waals surface area contributed by atoms with Gasteiger partial charge in [-0.25, -0.2) is 17.2 Å². The Morgan fingerprint density at radius 1 is 1.14 bits per heavy atom. The summed E-state index contributed by atoms with van der Waals surface area (Å²) in [6.07, 6.45) is 1.63. The average molecular weight is 409 g/mol. The molecule has 0 bridgehead atoms. The smallest absolute Gasteiger partial charge is 0.254 e. The number of nitrogens with zero attached hydrogens (tertiary/aromatic N) is 1. The molecule has 0 unspecified atom stereocenters. The molecule has 0 spiro atoms. The first-order chi connectivity index (χ1) is 13.3. The molecular formula is C20H21F2NO4S. The lowest BCUT2D eigenvalue weighted by Gasteiger charge is -2.23. The number of methoxy groups -OCH3 is 1. The second-order valence-corrected chi connectivity index (χ2v) is 8.85. The number of benzene rings is 2. The third-order valence-electron chi connectivity index (χ3n) is 4.62. The first-order valence-electron chi connectivity index (χ1n) is 8.88. The van der Waals surface area contributed by atoms with Crippen LogP contribution in [0.5, 0.6) is 0 Å². The van der Waals surface area contributed by atoms with E-state index in [4.69, 9.17) is 4.74 Å². The van der Waals surface area contributed by atoms with Crippen LogP contribution >= 0.6 is 0 Å². The normalized spacial score (nSPS) is 14.1. The minimum absolute atomic E-state index is 0.00191. The van der Waals surface area contributed by atoms with E-state index in [-0.39, 0.29) is 41.3 Å². The maximum Gasteiger partial charge on any atom is 0.254 e. The van der Waals surface area contributed by atoms with Crippen LogP contribution in [0.25, 0.3) is 0 Å². The maximum atomic E-state index is 14.0. The molecule has 0 N–H and O–H groups in total. The van der Waals surface area contributed by atoms with Gasteiger partial charge in [-0.1, -0.05) is 6.07 Å². The third kappa shape index (κ3) is 4.74. The van der Waals surface area contributed by atoms with Crippen molar-refractivity contribution in [3.8, 4) is 0 Å². The Balaban J connectivity index is 1.78. The standard InChI is InChI=1S/C20H21F2NO4S/c1-27-10-11-28(25,26)18-8-3-14(4-9-18)20(24)23(17-6-7-17)13-15-2-5-16(21)12-19(15)22/h2-5,8-9,12,17H,6-7,10-11,13H2,1H3. The average Bonchev–Trinajstić information content (AvgIpc) is 3.50. The van der Waals surface area contributed by atoms with Gasteiger partial charge in [-0.2, -0.15) is 0 Å². The number of amides is 1. The summed E-state index contributed by atoms with van der Waals surface area (Å²) in [5.74, 6) is -1.82. The molecule has 1 amide bonds. The highest BCUT2D eigenvalue weighted by atomic mass is 32.2. The van der Waals surface area contributed by atoms with Crippen molar-refractivity contribution in [2.24, 2.45) is 0 Å². The van der Waals surface area contributed by atoms with E-state index in [1.165, 1.54) is 37.4 Å². The lowest BCUT2D eigenvalue weighted by atomic mass is 10.1. The third-order valence-corrected chi connectivity index (χ3v) is 6.32. The molecular weight excluding hydrogens is 388 g/mol. The number of halogens is 2. The van der Waals surface area contributed by atoms with E-state index in [2.05, 4.69) is 0 Å². The summed E-state index contributed by atoms with van der Waals surface area (Å²) in [7, 11) is -2.06. The summed E-state index contributed by atoms with van der Waals surface area (Å²) in [6, 6.07) is 8.99. The molecule has 2 aromatic rings. The number of hydrogen-bond acceptors (Lipinski definition) is 4. The van der Waals surface area contributed by atoms with Crippen LogP contribution in [0.2, 0.25) is 0 Å². The largest absolute Gasteiger partial charge is 0.384 e. The minimum atomic E-state index is -3.48. The Kier molecular flexibility index (Phi) is 6.10. The molecule has 28 heavy (non-hydrogen) atoms. The van der Waals surface area contributed by atoms with Crippen molar-refractivity contribution >= 4 is 15.7 Å². The quantitative estimate of drug-likeness (QED) is 0.672. The Morgan fingerprint density at radius 3 is 2.39 bits per heavy atom. The number of hydrogen-bond donors (Lipinski definition) is 0. The highest BCUT2D eigenvalue weighted by Gasteiger charge is 2.33. The number of carbonyl (C=O) groups excluding carboxylic acids is 1. The minimum Gasteiger partial charge on any atom is -0.384 e. The van der Waals surface area contributed by atoms with Crippen LogP contribution in [0.15, 0.2) is 47.4 Å². The number of rotatable bonds is 8. The maximum absolute atomic E-state index is 14.0. The molecule has 2 aromatic carbocycles. The highest BCUT2D eigenvalue weighted by Crippen LogP contribution is 2.30. The Labute approximate surface area is 162 Å². The van der Waals surface area contributed by atoms with Crippen LogP contribution in [0.1, 0.15) is 28.8 Å². The van der Waals surface area contributed by atoms with Gasteiger partial charge in [0.05, 0.1) is 17.3 Å². The summed E-state index contributed by atoms with van der Waals surface area (Å²) >= 11 is 0. The van der Waals surface area contributed by atoms with Crippen LogP contribution in [0, 0.1) is 11.6 Å². The van der Waals surface area contributed by atoms with E-state index >= 15 is 0 Å². The summed E-state index contributed by atoms with van der Waals surface area (Å²) in [6.45, 7) is 0.116. The SMILES string of the molecule is COCCS(=O)(=O)c1ccc(C(=O)N(Cc2ccc(F)cc2F)C2CC2)cc1. The molecule has 1 fully saturated rings. The van der Waals surface area contributed by atoms with Crippen LogP contribution in [-0.2, 0) is 21.1 Å². The summed E-state index contributed by atoms with van der Waals surface area (Å²) in [5.41, 5.74) is 0.556. The second kappa shape index (κ2) is 8.36. The van der Waals surface area contributed by atoms with Gasteiger partial charge < -0.3 is 9.64 Å². The van der Waals surface area contributed by atoms with E-state index in [1.54, 1.807) is 4.90 Å². The predicted molar refractivity (Wildman–Crippen MR) is 99.6 cm³/mol. The number of ether oxygens (including phenoxy) is 1. The van der Waals surface area contributed by atoms with Crippen molar-refractivity contribution in [2.45, 2.75) is 30.3 Å². The van der Waals surface area contributed by atoms with Crippen molar-refractivity contribution in [1.82, 2.24) is 4.90 Å². The predicted octanol–water partition coefficient (Wildman–Crippen LogP) is 3.19. The second-order valence-electron chi connectivity index (χ2n) is 6.74. The molecule has 0 aromatic heterocycles. The summed E-state index contributed by atoms with van der Waals surface area (Å²) < 4.78 is 56.3. The van der Waals surface area contributed by atoms with Gasteiger partial charge in [0, 0.05) is 36.9 Å². The van der Waals surface area contributed by atoms with Crippen LogP contribution in [0.3, 0.4) is 0 Å². The lowest BCUT2D eigenvalue weighted by Crippen LogP contribution is -2.33. The zero-order chi connectivity index (χ0) is 20.3. The molecule has 0 aliphatic heterocycles. The first kappa shape index (κ1) is 20.4. The molecule has 3 rings (SSSR count). The molecule has 150 valence electrons. The van der Waals surface area contributed by atoms with Crippen molar-refractivity contribution < 1.29 is 26.7 Å². The summed E-state index contributed by atoms with van der Waals surface area (Å²) in [4.78, 5) is 14.6. The van der Waals surface area contributed by atoms with Gasteiger partial charge in [0.15, 0.2) is 9.84 Å². The van der Waals surface area contributed by atoms with Gasteiger partial charge in [0.1, 0.15) is 11.6 Å². The monoisotopic (exact) mass is 409 g/mol. The number of carbonyl (C=O) groups is 1. The van der Waals surface area contributed by atoms with E-state index in [9.17, 15) is 22.0 Å². The lowest BCUT2D eigenvalue weighted by molar-refractivity contribution is 0.0728. The topological polar surface area (TPSA) is 63.7 Å². The molecule has 1 saturated carbocycles. The van der Waals surface area contributed by atoms with Crippen LogP contribution in [0.4, 0.5) is 8.78 Å². The van der Waals surface area contributed by atoms with Crippen molar-refractivity contribution in [3.05, 3.63) is 65.2 Å². The van der Waals surface area contributed by atoms with Gasteiger partial charge in [0.2, 0.25) is 0 Å². The molecule has 1 aliphatic carbocycles. The van der Waals surface area contributed by atoms with Gasteiger partial charge in [0.25, 0.3) is 5.91 Å². The van der Waals surface area contributed by atoms with Crippen LogP contribution in [-0.4, -0.2) is 44.7 Å². The number of sulfone groups is 1. The van der Waals surface area contributed by atoms with Gasteiger partial charge >= 0.3 is 0 Å². The molecule has 0 heterocycles. The molecule has 0 saturated heterocycles. The first-order valence-corrected chi connectivity index (χ1v) is 10.5. The zero-order valence-electron chi connectivity index (χ0n) is 15.4. The molecule has 1 aliphatic rings. The Bertz CT molecular complexity index is 957. The fourth-order valence-corrected chi connectivity index (χ4v) is 4.04. The van der Waals surface area contributed by atoms with Gasteiger partial charge in [-0.05, 0) is 43.2 Å². The Morgan fingerprint density at radius 2 is 1.82 bits per heavy atom. The van der Waals surface area contributed by atoms with E-state index < -0.39 is 21.5 Å². The van der Waals surface area contributed by atoms with Gasteiger partial charge in [-0.3, -0.25) is 4.79 Å². The van der Waals surface area contributed by atoms with Crippen molar-refractivity contribution in [2.75, 3.05) is 19.5 Å². The van der Waals surface area contributed by atoms with Crippen LogP contribution < -0.4 is 0 Å². The zero-order valence-corrected chi connectivity index (χ0v) is 16.2. The highest BCUT2D eigenvalue weighted by molar-refractivity contribution is 7.91. The molecule has 0 radical (unpaired) electrons. The Hall–Kier alpha value is -2.32. The molecule has 0 atom stereocenters. The van der Waals surface area contributed by atoms with E-state index in [0.29, 0.717) is 5.56 Å².